The number of hydrogen-bond donors (Lipinski definition) is 2. The second kappa shape index (κ2) is 9.05. The van der Waals surface area contributed by atoms with Crippen molar-refractivity contribution in [2.24, 2.45) is 5.92 Å². The minimum atomic E-state index is -0.459. The van der Waals surface area contributed by atoms with Crippen LogP contribution >= 0.6 is 0 Å². The van der Waals surface area contributed by atoms with Crippen molar-refractivity contribution < 1.29 is 9.59 Å². The summed E-state index contributed by atoms with van der Waals surface area (Å²) in [5, 5.41) is 14.4. The predicted molar refractivity (Wildman–Crippen MR) is 110 cm³/mol. The third kappa shape index (κ3) is 5.10. The first-order chi connectivity index (χ1) is 13.5. The quantitative estimate of drug-likeness (QED) is 0.778. The van der Waals surface area contributed by atoms with Gasteiger partial charge in [-0.15, -0.1) is 0 Å². The van der Waals surface area contributed by atoms with Gasteiger partial charge in [0.05, 0.1) is 11.3 Å². The van der Waals surface area contributed by atoms with Crippen LogP contribution in [0.2, 0.25) is 0 Å². The molecule has 0 aliphatic carbocycles. The minimum absolute atomic E-state index is 0.314. The summed E-state index contributed by atoms with van der Waals surface area (Å²) in [5.41, 5.74) is 2.57. The summed E-state index contributed by atoms with van der Waals surface area (Å²) in [4.78, 5) is 26.6. The second-order valence-electron chi connectivity index (χ2n) is 7.15. The van der Waals surface area contributed by atoms with Crippen LogP contribution in [0.4, 0.5) is 17.1 Å². The number of nitriles is 1. The Morgan fingerprint density at radius 1 is 1.04 bits per heavy atom. The lowest BCUT2D eigenvalue weighted by molar-refractivity contribution is -0.123. The molecule has 0 aromatic heterocycles. The molecular weight excluding hydrogens is 352 g/mol. The van der Waals surface area contributed by atoms with Gasteiger partial charge in [0, 0.05) is 24.5 Å². The third-order valence-electron chi connectivity index (χ3n) is 4.94. The van der Waals surface area contributed by atoms with Crippen LogP contribution in [0.5, 0.6) is 0 Å². The van der Waals surface area contributed by atoms with E-state index in [2.05, 4.69) is 22.5 Å². The van der Waals surface area contributed by atoms with Crippen molar-refractivity contribution in [2.45, 2.75) is 26.2 Å². The average Bonchev–Trinajstić information content (AvgIpc) is 2.69. The zero-order valence-corrected chi connectivity index (χ0v) is 15.9. The van der Waals surface area contributed by atoms with E-state index in [9.17, 15) is 9.59 Å². The van der Waals surface area contributed by atoms with Gasteiger partial charge >= 0.3 is 0 Å². The molecule has 0 saturated carbocycles. The number of rotatable bonds is 5. The summed E-state index contributed by atoms with van der Waals surface area (Å²) in [6.45, 7) is 4.39. The molecule has 2 N–H and O–H groups in total. The fraction of sp³-hybridized carbons (Fsp3) is 0.318. The molecule has 28 heavy (non-hydrogen) atoms. The lowest BCUT2D eigenvalue weighted by atomic mass is 9.99. The molecule has 1 heterocycles. The zero-order valence-electron chi connectivity index (χ0n) is 15.9. The molecule has 1 saturated heterocycles. The molecule has 144 valence electrons. The Bertz CT molecular complexity index is 878. The van der Waals surface area contributed by atoms with Gasteiger partial charge in [-0.1, -0.05) is 19.1 Å². The normalized spacial score (nSPS) is 14.2. The third-order valence-corrected chi connectivity index (χ3v) is 4.94. The van der Waals surface area contributed by atoms with Crippen LogP contribution < -0.4 is 15.5 Å². The highest BCUT2D eigenvalue weighted by Gasteiger charge is 2.16. The molecule has 3 rings (SSSR count). The van der Waals surface area contributed by atoms with E-state index < -0.39 is 11.8 Å². The van der Waals surface area contributed by atoms with Crippen molar-refractivity contribution in [2.75, 3.05) is 28.6 Å². The van der Waals surface area contributed by atoms with E-state index in [1.165, 1.54) is 12.8 Å². The van der Waals surface area contributed by atoms with Crippen LogP contribution in [-0.2, 0) is 9.59 Å². The zero-order chi connectivity index (χ0) is 19.9. The summed E-state index contributed by atoms with van der Waals surface area (Å²) in [5.74, 6) is -0.0770. The lowest BCUT2D eigenvalue weighted by Crippen LogP contribution is -2.32. The molecule has 2 aromatic carbocycles. The fourth-order valence-electron chi connectivity index (χ4n) is 3.26. The number of amides is 2. The van der Waals surface area contributed by atoms with Crippen LogP contribution in [0.1, 0.15) is 31.7 Å². The SMILES string of the molecule is CC1CCN(c2ccc(NC(=O)CC(=O)Nc3ccccc3C#N)cc2)CC1. The van der Waals surface area contributed by atoms with Gasteiger partial charge in [0.1, 0.15) is 12.5 Å². The molecule has 2 aromatic rings. The number of anilines is 3. The van der Waals surface area contributed by atoms with Gasteiger partial charge in [0.15, 0.2) is 0 Å². The molecule has 6 nitrogen and oxygen atoms in total. The van der Waals surface area contributed by atoms with Crippen molar-refractivity contribution in [3.63, 3.8) is 0 Å². The summed E-state index contributed by atoms with van der Waals surface area (Å²) < 4.78 is 0. The number of carbonyl (C=O) groups is 2. The van der Waals surface area contributed by atoms with Crippen molar-refractivity contribution in [1.82, 2.24) is 0 Å². The molecule has 0 bridgehead atoms. The number of hydrogen-bond acceptors (Lipinski definition) is 4. The molecule has 0 atom stereocenters. The lowest BCUT2D eigenvalue weighted by Gasteiger charge is -2.32. The topological polar surface area (TPSA) is 85.2 Å². The Labute approximate surface area is 165 Å². The molecule has 1 aliphatic rings. The van der Waals surface area contributed by atoms with E-state index in [1.807, 2.05) is 30.3 Å². The van der Waals surface area contributed by atoms with Gasteiger partial charge in [-0.3, -0.25) is 9.59 Å². The second-order valence-corrected chi connectivity index (χ2v) is 7.15. The van der Waals surface area contributed by atoms with Crippen molar-refractivity contribution >= 4 is 28.9 Å². The number of nitrogens with one attached hydrogen (secondary N) is 2. The van der Waals surface area contributed by atoms with Gasteiger partial charge in [-0.2, -0.15) is 5.26 Å². The molecule has 1 aliphatic heterocycles. The Hall–Kier alpha value is -3.33. The summed E-state index contributed by atoms with van der Waals surface area (Å²) in [7, 11) is 0. The maximum atomic E-state index is 12.1. The molecule has 0 radical (unpaired) electrons. The molecule has 0 unspecified atom stereocenters. The molecule has 1 fully saturated rings. The molecular formula is C22H24N4O2. The highest BCUT2D eigenvalue weighted by Crippen LogP contribution is 2.24. The van der Waals surface area contributed by atoms with Gasteiger partial charge in [-0.25, -0.2) is 0 Å². The largest absolute Gasteiger partial charge is 0.372 e. The Kier molecular flexibility index (Phi) is 6.28. The predicted octanol–water partition coefficient (Wildman–Crippen LogP) is 3.76. The van der Waals surface area contributed by atoms with Crippen LogP contribution in [-0.4, -0.2) is 24.9 Å². The van der Waals surface area contributed by atoms with Gasteiger partial charge < -0.3 is 15.5 Å². The van der Waals surface area contributed by atoms with E-state index in [0.717, 1.165) is 24.7 Å². The van der Waals surface area contributed by atoms with E-state index in [-0.39, 0.29) is 6.42 Å². The standard InChI is InChI=1S/C22H24N4O2/c1-16-10-12-26(13-11-16)19-8-6-18(7-9-19)24-21(27)14-22(28)25-20-5-3-2-4-17(20)15-23/h2-9,16H,10-14H2,1H3,(H,24,27)(H,25,28). The first kappa shape index (κ1) is 19.4. The van der Waals surface area contributed by atoms with E-state index in [1.54, 1.807) is 24.3 Å². The number of carbonyl (C=O) groups excluding carboxylic acids is 2. The van der Waals surface area contributed by atoms with Crippen molar-refractivity contribution in [1.29, 1.82) is 5.26 Å². The monoisotopic (exact) mass is 376 g/mol. The van der Waals surface area contributed by atoms with Gasteiger partial charge in [0.2, 0.25) is 11.8 Å². The van der Waals surface area contributed by atoms with Crippen LogP contribution in [0.15, 0.2) is 48.5 Å². The minimum Gasteiger partial charge on any atom is -0.372 e. The fourth-order valence-corrected chi connectivity index (χ4v) is 3.26. The van der Waals surface area contributed by atoms with E-state index in [0.29, 0.717) is 16.9 Å². The Morgan fingerprint density at radius 2 is 1.68 bits per heavy atom. The van der Waals surface area contributed by atoms with Gasteiger partial charge in [0.25, 0.3) is 0 Å². The first-order valence-corrected chi connectivity index (χ1v) is 9.49. The van der Waals surface area contributed by atoms with E-state index in [4.69, 9.17) is 5.26 Å². The molecule has 6 heteroatoms. The van der Waals surface area contributed by atoms with Crippen LogP contribution in [0.3, 0.4) is 0 Å². The average molecular weight is 376 g/mol. The molecule has 0 spiro atoms. The summed E-state index contributed by atoms with van der Waals surface area (Å²) in [6, 6.07) is 16.4. The van der Waals surface area contributed by atoms with Gasteiger partial charge in [-0.05, 0) is 55.2 Å². The van der Waals surface area contributed by atoms with Crippen LogP contribution in [0.25, 0.3) is 0 Å². The highest BCUT2D eigenvalue weighted by molar-refractivity contribution is 6.08. The van der Waals surface area contributed by atoms with Crippen LogP contribution in [0, 0.1) is 17.2 Å². The number of piperidine rings is 1. The van der Waals surface area contributed by atoms with E-state index >= 15 is 0 Å². The van der Waals surface area contributed by atoms with Crippen molar-refractivity contribution in [3.8, 4) is 6.07 Å². The van der Waals surface area contributed by atoms with Crippen molar-refractivity contribution in [3.05, 3.63) is 54.1 Å². The maximum absolute atomic E-state index is 12.1. The maximum Gasteiger partial charge on any atom is 0.233 e. The smallest absolute Gasteiger partial charge is 0.233 e. The first-order valence-electron chi connectivity index (χ1n) is 9.49. The highest BCUT2D eigenvalue weighted by atomic mass is 16.2. The summed E-state index contributed by atoms with van der Waals surface area (Å²) >= 11 is 0. The Balaban J connectivity index is 1.52. The number of nitrogens with zero attached hydrogens (tertiary/aromatic N) is 2. The molecule has 2 amide bonds. The number of benzene rings is 2. The summed E-state index contributed by atoms with van der Waals surface area (Å²) in [6.07, 6.45) is 2.08. The Morgan fingerprint density at radius 3 is 2.36 bits per heavy atom. The number of para-hydroxylation sites is 1.